The Morgan fingerprint density at radius 2 is 1.57 bits per heavy atom. The van der Waals surface area contributed by atoms with Crippen LogP contribution in [0.4, 0.5) is 0 Å². The molecular formula is C20H27N3. The highest BCUT2D eigenvalue weighted by molar-refractivity contribution is 5.59. The lowest BCUT2D eigenvalue weighted by molar-refractivity contribution is 0.221. The largest absolute Gasteiger partial charge is 0.334 e. The number of imidazole rings is 1. The lowest BCUT2D eigenvalue weighted by Gasteiger charge is -2.26. The monoisotopic (exact) mass is 309 g/mol. The number of hydrogen-bond acceptors (Lipinski definition) is 2. The molecule has 3 heteroatoms. The van der Waals surface area contributed by atoms with E-state index in [1.165, 1.54) is 68.6 Å². The molecule has 2 aliphatic rings. The SMILES string of the molecule is c1cc(-c2cn3c(n2)CCCCC3)ccc1CN1CCCCC1. The van der Waals surface area contributed by atoms with E-state index in [1.807, 2.05) is 0 Å². The lowest BCUT2D eigenvalue weighted by atomic mass is 10.1. The van der Waals surface area contributed by atoms with Crippen molar-refractivity contribution in [3.63, 3.8) is 0 Å². The van der Waals surface area contributed by atoms with Crippen molar-refractivity contribution in [3.05, 3.63) is 41.9 Å². The fraction of sp³-hybridized carbons (Fsp3) is 0.550. The molecule has 0 spiro atoms. The molecule has 0 bridgehead atoms. The molecule has 23 heavy (non-hydrogen) atoms. The van der Waals surface area contributed by atoms with Crippen molar-refractivity contribution in [3.8, 4) is 11.3 Å². The van der Waals surface area contributed by atoms with E-state index in [1.54, 1.807) is 0 Å². The van der Waals surface area contributed by atoms with Crippen LogP contribution in [0.15, 0.2) is 30.5 Å². The molecule has 0 radical (unpaired) electrons. The van der Waals surface area contributed by atoms with Gasteiger partial charge in [0.15, 0.2) is 0 Å². The fourth-order valence-electron chi connectivity index (χ4n) is 3.89. The van der Waals surface area contributed by atoms with E-state index in [9.17, 15) is 0 Å². The number of aromatic nitrogens is 2. The summed E-state index contributed by atoms with van der Waals surface area (Å²) in [6, 6.07) is 9.08. The van der Waals surface area contributed by atoms with Crippen molar-refractivity contribution in [1.82, 2.24) is 14.5 Å². The lowest BCUT2D eigenvalue weighted by Crippen LogP contribution is -2.28. The Kier molecular flexibility index (Phi) is 4.47. The van der Waals surface area contributed by atoms with Crippen LogP contribution in [0.2, 0.25) is 0 Å². The molecule has 122 valence electrons. The second-order valence-electron chi connectivity index (χ2n) is 7.08. The molecule has 0 unspecified atom stereocenters. The summed E-state index contributed by atoms with van der Waals surface area (Å²) in [5.74, 6) is 1.27. The van der Waals surface area contributed by atoms with Gasteiger partial charge in [-0.2, -0.15) is 0 Å². The van der Waals surface area contributed by atoms with E-state index < -0.39 is 0 Å². The van der Waals surface area contributed by atoms with Crippen molar-refractivity contribution in [2.45, 2.75) is 58.0 Å². The minimum Gasteiger partial charge on any atom is -0.334 e. The highest BCUT2D eigenvalue weighted by Crippen LogP contribution is 2.23. The van der Waals surface area contributed by atoms with Crippen molar-refractivity contribution in [1.29, 1.82) is 0 Å². The van der Waals surface area contributed by atoms with Crippen molar-refractivity contribution >= 4 is 0 Å². The van der Waals surface area contributed by atoms with Crippen LogP contribution in [0.25, 0.3) is 11.3 Å². The van der Waals surface area contributed by atoms with Gasteiger partial charge in [0.25, 0.3) is 0 Å². The molecule has 0 atom stereocenters. The van der Waals surface area contributed by atoms with Gasteiger partial charge in [-0.15, -0.1) is 0 Å². The molecule has 1 fully saturated rings. The Morgan fingerprint density at radius 1 is 0.826 bits per heavy atom. The van der Waals surface area contributed by atoms with Gasteiger partial charge in [0.05, 0.1) is 5.69 Å². The quantitative estimate of drug-likeness (QED) is 0.844. The summed E-state index contributed by atoms with van der Waals surface area (Å²) in [6.45, 7) is 4.75. The Morgan fingerprint density at radius 3 is 2.39 bits per heavy atom. The predicted molar refractivity (Wildman–Crippen MR) is 94.3 cm³/mol. The van der Waals surface area contributed by atoms with E-state index in [2.05, 4.69) is 39.9 Å². The van der Waals surface area contributed by atoms with Gasteiger partial charge in [0.1, 0.15) is 5.82 Å². The Hall–Kier alpha value is -1.61. The molecule has 0 saturated carbocycles. The first-order valence-corrected chi connectivity index (χ1v) is 9.26. The third-order valence-electron chi connectivity index (χ3n) is 5.26. The van der Waals surface area contributed by atoms with Crippen LogP contribution < -0.4 is 0 Å². The van der Waals surface area contributed by atoms with Gasteiger partial charge >= 0.3 is 0 Å². The molecular weight excluding hydrogens is 282 g/mol. The number of hydrogen-bond donors (Lipinski definition) is 0. The average molecular weight is 309 g/mol. The van der Waals surface area contributed by atoms with Crippen molar-refractivity contribution in [2.24, 2.45) is 0 Å². The number of nitrogens with zero attached hydrogens (tertiary/aromatic N) is 3. The highest BCUT2D eigenvalue weighted by atomic mass is 15.1. The van der Waals surface area contributed by atoms with Gasteiger partial charge in [0, 0.05) is 31.3 Å². The molecule has 4 rings (SSSR count). The number of rotatable bonds is 3. The Balaban J connectivity index is 1.47. The Labute approximate surface area is 139 Å². The van der Waals surface area contributed by atoms with Gasteiger partial charge in [0.2, 0.25) is 0 Å². The molecule has 1 aromatic heterocycles. The van der Waals surface area contributed by atoms with Crippen LogP contribution in [-0.4, -0.2) is 27.5 Å². The minimum atomic E-state index is 1.10. The van der Waals surface area contributed by atoms with E-state index >= 15 is 0 Å². The topological polar surface area (TPSA) is 21.1 Å². The van der Waals surface area contributed by atoms with Gasteiger partial charge in [-0.25, -0.2) is 4.98 Å². The molecule has 2 aromatic rings. The first-order chi connectivity index (χ1) is 11.4. The molecule has 0 amide bonds. The van der Waals surface area contributed by atoms with Crippen LogP contribution >= 0.6 is 0 Å². The van der Waals surface area contributed by atoms with Gasteiger partial charge in [-0.3, -0.25) is 4.90 Å². The maximum atomic E-state index is 4.88. The first-order valence-electron chi connectivity index (χ1n) is 9.26. The third kappa shape index (κ3) is 3.50. The minimum absolute atomic E-state index is 1.10. The molecule has 3 heterocycles. The highest BCUT2D eigenvalue weighted by Gasteiger charge is 2.13. The maximum Gasteiger partial charge on any atom is 0.109 e. The van der Waals surface area contributed by atoms with Crippen molar-refractivity contribution < 1.29 is 0 Å². The number of benzene rings is 1. The second-order valence-corrected chi connectivity index (χ2v) is 7.08. The summed E-state index contributed by atoms with van der Waals surface area (Å²) in [5.41, 5.74) is 3.83. The zero-order valence-corrected chi connectivity index (χ0v) is 14.0. The smallest absolute Gasteiger partial charge is 0.109 e. The number of likely N-dealkylation sites (tertiary alicyclic amines) is 1. The maximum absolute atomic E-state index is 4.88. The summed E-state index contributed by atoms with van der Waals surface area (Å²) < 4.78 is 2.37. The molecule has 0 N–H and O–H groups in total. The van der Waals surface area contributed by atoms with E-state index in [0.29, 0.717) is 0 Å². The third-order valence-corrected chi connectivity index (χ3v) is 5.26. The standard InChI is InChI=1S/C20H27N3/c1-3-7-20-21-19(16-23(20)14-6-1)18-10-8-17(9-11-18)15-22-12-4-2-5-13-22/h8-11,16H,1-7,12-15H2. The van der Waals surface area contributed by atoms with Crippen LogP contribution in [0.5, 0.6) is 0 Å². The van der Waals surface area contributed by atoms with Gasteiger partial charge < -0.3 is 4.57 Å². The molecule has 1 saturated heterocycles. The zero-order valence-electron chi connectivity index (χ0n) is 14.0. The van der Waals surface area contributed by atoms with Crippen LogP contribution in [0.1, 0.15) is 49.9 Å². The van der Waals surface area contributed by atoms with Crippen LogP contribution in [0.3, 0.4) is 0 Å². The van der Waals surface area contributed by atoms with Crippen LogP contribution in [0, 0.1) is 0 Å². The number of fused-ring (bicyclic) bond motifs is 1. The summed E-state index contributed by atoms with van der Waals surface area (Å²) in [5, 5.41) is 0. The van der Waals surface area contributed by atoms with E-state index in [4.69, 9.17) is 4.98 Å². The summed E-state index contributed by atoms with van der Waals surface area (Å²) in [6.07, 6.45) is 11.4. The summed E-state index contributed by atoms with van der Waals surface area (Å²) in [7, 11) is 0. The first kappa shape index (κ1) is 14.9. The molecule has 3 nitrogen and oxygen atoms in total. The summed E-state index contributed by atoms with van der Waals surface area (Å²) in [4.78, 5) is 7.46. The zero-order chi connectivity index (χ0) is 15.5. The van der Waals surface area contributed by atoms with Crippen LogP contribution in [-0.2, 0) is 19.5 Å². The van der Waals surface area contributed by atoms with Gasteiger partial charge in [-0.1, -0.05) is 37.1 Å². The predicted octanol–water partition coefficient (Wildman–Crippen LogP) is 4.26. The normalized spacial score (nSPS) is 19.3. The van der Waals surface area contributed by atoms with Gasteiger partial charge in [-0.05, 0) is 44.3 Å². The Bertz CT molecular complexity index is 612. The second kappa shape index (κ2) is 6.88. The average Bonchev–Trinajstić information content (AvgIpc) is 2.87. The number of aryl methyl sites for hydroxylation is 2. The van der Waals surface area contributed by atoms with E-state index in [-0.39, 0.29) is 0 Å². The molecule has 1 aromatic carbocycles. The van der Waals surface area contributed by atoms with E-state index in [0.717, 1.165) is 25.2 Å². The fourth-order valence-corrected chi connectivity index (χ4v) is 3.89. The molecule has 2 aliphatic heterocycles. The van der Waals surface area contributed by atoms with Crippen molar-refractivity contribution in [2.75, 3.05) is 13.1 Å². The number of piperidine rings is 1. The summed E-state index contributed by atoms with van der Waals surface area (Å²) >= 11 is 0. The molecule has 0 aliphatic carbocycles.